The molecule has 2 aromatic carbocycles. The Morgan fingerprint density at radius 1 is 1.14 bits per heavy atom. The Kier molecular flexibility index (Phi) is 5.98. The predicted octanol–water partition coefficient (Wildman–Crippen LogP) is 3.55. The van der Waals surface area contributed by atoms with Gasteiger partial charge in [-0.3, -0.25) is 9.59 Å². The fourth-order valence-corrected chi connectivity index (χ4v) is 4.56. The SMILES string of the molecule is CNC(=O)C1CN(C(=O)CSc2c(C)c(C)cc(C)c2C)c2ccccc2O1. The largest absolute Gasteiger partial charge is 0.477 e. The zero-order valence-electron chi connectivity index (χ0n) is 17.0. The lowest BCUT2D eigenvalue weighted by Crippen LogP contribution is -2.50. The molecule has 0 saturated heterocycles. The van der Waals surface area contributed by atoms with Crippen LogP contribution in [0.15, 0.2) is 35.2 Å². The van der Waals surface area contributed by atoms with Crippen LogP contribution in [-0.2, 0) is 9.59 Å². The van der Waals surface area contributed by atoms with Gasteiger partial charge in [-0.05, 0) is 62.1 Å². The lowest BCUT2D eigenvalue weighted by Gasteiger charge is -2.34. The maximum absolute atomic E-state index is 13.1. The zero-order chi connectivity index (χ0) is 20.4. The standard InChI is InChI=1S/C22H26N2O3S/c1-13-10-14(2)16(4)21(15(13)3)28-12-20(25)24-11-19(22(26)23-5)27-18-9-7-6-8-17(18)24/h6-10,19H,11-12H2,1-5H3,(H,23,26). The number of nitrogens with zero attached hydrogens (tertiary/aromatic N) is 1. The van der Waals surface area contributed by atoms with E-state index in [1.807, 2.05) is 18.2 Å². The maximum atomic E-state index is 13.1. The van der Waals surface area contributed by atoms with Crippen molar-refractivity contribution in [3.05, 3.63) is 52.6 Å². The molecule has 6 heteroatoms. The van der Waals surface area contributed by atoms with Crippen LogP contribution in [0.1, 0.15) is 22.3 Å². The molecule has 1 heterocycles. The number of aryl methyl sites for hydroxylation is 2. The zero-order valence-corrected chi connectivity index (χ0v) is 17.8. The van der Waals surface area contributed by atoms with Gasteiger partial charge in [0.05, 0.1) is 18.0 Å². The molecule has 1 atom stereocenters. The second-order valence-corrected chi connectivity index (χ2v) is 8.06. The van der Waals surface area contributed by atoms with Crippen LogP contribution in [0.3, 0.4) is 0 Å². The van der Waals surface area contributed by atoms with Crippen LogP contribution in [0.4, 0.5) is 5.69 Å². The summed E-state index contributed by atoms with van der Waals surface area (Å²) in [4.78, 5) is 28.0. The van der Waals surface area contributed by atoms with Crippen LogP contribution < -0.4 is 15.0 Å². The Morgan fingerprint density at radius 3 is 2.43 bits per heavy atom. The minimum Gasteiger partial charge on any atom is -0.477 e. The third kappa shape index (κ3) is 3.87. The number of fused-ring (bicyclic) bond motifs is 1. The summed E-state index contributed by atoms with van der Waals surface area (Å²) >= 11 is 1.56. The molecule has 0 fully saturated rings. The molecular weight excluding hydrogens is 372 g/mol. The first kappa shape index (κ1) is 20.3. The van der Waals surface area contributed by atoms with Crippen LogP contribution >= 0.6 is 11.8 Å². The Bertz CT molecular complexity index is 900. The maximum Gasteiger partial charge on any atom is 0.262 e. The highest BCUT2D eigenvalue weighted by Crippen LogP contribution is 2.35. The Labute approximate surface area is 170 Å². The first-order valence-electron chi connectivity index (χ1n) is 9.31. The van der Waals surface area contributed by atoms with Crippen molar-refractivity contribution in [1.29, 1.82) is 0 Å². The van der Waals surface area contributed by atoms with Gasteiger partial charge in [-0.1, -0.05) is 18.2 Å². The van der Waals surface area contributed by atoms with Crippen molar-refractivity contribution in [2.75, 3.05) is 24.2 Å². The summed E-state index contributed by atoms with van der Waals surface area (Å²) in [6, 6.07) is 9.53. The number of anilines is 1. The van der Waals surface area contributed by atoms with Crippen LogP contribution in [0.2, 0.25) is 0 Å². The molecule has 2 aromatic rings. The lowest BCUT2D eigenvalue weighted by molar-refractivity contribution is -0.127. The van der Waals surface area contributed by atoms with E-state index in [9.17, 15) is 9.59 Å². The van der Waals surface area contributed by atoms with E-state index in [-0.39, 0.29) is 18.4 Å². The van der Waals surface area contributed by atoms with Crippen molar-refractivity contribution >= 4 is 29.3 Å². The number of carbonyl (C=O) groups excluding carboxylic acids is 2. The highest BCUT2D eigenvalue weighted by Gasteiger charge is 2.33. The summed E-state index contributed by atoms with van der Waals surface area (Å²) < 4.78 is 5.78. The Morgan fingerprint density at radius 2 is 1.79 bits per heavy atom. The molecule has 1 N–H and O–H groups in total. The molecule has 5 nitrogen and oxygen atoms in total. The molecule has 1 unspecified atom stereocenters. The number of amides is 2. The van der Waals surface area contributed by atoms with Gasteiger partial charge in [0.1, 0.15) is 5.75 Å². The molecule has 0 radical (unpaired) electrons. The molecule has 0 spiro atoms. The van der Waals surface area contributed by atoms with E-state index in [0.717, 1.165) is 4.90 Å². The number of nitrogens with one attached hydrogen (secondary N) is 1. The van der Waals surface area contributed by atoms with Gasteiger partial charge in [-0.2, -0.15) is 0 Å². The molecular formula is C22H26N2O3S. The molecule has 0 aromatic heterocycles. The van der Waals surface area contributed by atoms with E-state index in [1.54, 1.807) is 29.8 Å². The van der Waals surface area contributed by atoms with Gasteiger partial charge in [0.2, 0.25) is 5.91 Å². The van der Waals surface area contributed by atoms with Crippen molar-refractivity contribution < 1.29 is 14.3 Å². The number of hydrogen-bond acceptors (Lipinski definition) is 4. The van der Waals surface area contributed by atoms with Gasteiger partial charge < -0.3 is 15.0 Å². The number of benzene rings is 2. The van der Waals surface area contributed by atoms with Crippen molar-refractivity contribution in [1.82, 2.24) is 5.32 Å². The van der Waals surface area contributed by atoms with E-state index in [4.69, 9.17) is 4.74 Å². The fourth-order valence-electron chi connectivity index (χ4n) is 3.38. The molecule has 148 valence electrons. The van der Waals surface area contributed by atoms with E-state index in [1.165, 1.54) is 22.3 Å². The van der Waals surface area contributed by atoms with E-state index in [0.29, 0.717) is 17.2 Å². The van der Waals surface area contributed by atoms with Crippen LogP contribution in [-0.4, -0.2) is 37.3 Å². The van der Waals surface area contributed by atoms with Gasteiger partial charge in [0.25, 0.3) is 5.91 Å². The minimum atomic E-state index is -0.710. The summed E-state index contributed by atoms with van der Waals surface area (Å²) in [5, 5.41) is 2.60. The van der Waals surface area contributed by atoms with Crippen molar-refractivity contribution in [3.8, 4) is 5.75 Å². The van der Waals surface area contributed by atoms with E-state index in [2.05, 4.69) is 39.1 Å². The predicted molar refractivity (Wildman–Crippen MR) is 113 cm³/mol. The number of rotatable bonds is 4. The molecule has 0 saturated carbocycles. The third-order valence-corrected chi connectivity index (χ3v) is 6.54. The van der Waals surface area contributed by atoms with E-state index >= 15 is 0 Å². The Balaban J connectivity index is 1.83. The van der Waals surface area contributed by atoms with Gasteiger partial charge in [0.15, 0.2) is 6.10 Å². The van der Waals surface area contributed by atoms with Crippen molar-refractivity contribution in [3.63, 3.8) is 0 Å². The fraction of sp³-hybridized carbons (Fsp3) is 0.364. The first-order chi connectivity index (χ1) is 13.3. The number of para-hydroxylation sites is 2. The van der Waals surface area contributed by atoms with Crippen LogP contribution in [0, 0.1) is 27.7 Å². The second kappa shape index (κ2) is 8.27. The monoisotopic (exact) mass is 398 g/mol. The smallest absolute Gasteiger partial charge is 0.262 e. The minimum absolute atomic E-state index is 0.0346. The summed E-state index contributed by atoms with van der Waals surface area (Å²) in [7, 11) is 1.57. The Hall–Kier alpha value is -2.47. The summed E-state index contributed by atoms with van der Waals surface area (Å²) in [5.41, 5.74) is 5.60. The van der Waals surface area contributed by atoms with Crippen molar-refractivity contribution in [2.45, 2.75) is 38.7 Å². The molecule has 3 rings (SSSR count). The highest BCUT2D eigenvalue weighted by molar-refractivity contribution is 8.00. The molecule has 0 aliphatic carbocycles. The highest BCUT2D eigenvalue weighted by atomic mass is 32.2. The van der Waals surface area contributed by atoms with Gasteiger partial charge in [-0.15, -0.1) is 11.8 Å². The van der Waals surface area contributed by atoms with Gasteiger partial charge in [-0.25, -0.2) is 0 Å². The van der Waals surface area contributed by atoms with Crippen LogP contribution in [0.5, 0.6) is 5.75 Å². The molecule has 0 bridgehead atoms. The van der Waals surface area contributed by atoms with Crippen LogP contribution in [0.25, 0.3) is 0 Å². The molecule has 28 heavy (non-hydrogen) atoms. The first-order valence-corrected chi connectivity index (χ1v) is 10.3. The van der Waals surface area contributed by atoms with Gasteiger partial charge in [0, 0.05) is 11.9 Å². The number of carbonyl (C=O) groups is 2. The summed E-state index contributed by atoms with van der Waals surface area (Å²) in [6.45, 7) is 8.60. The molecule has 1 aliphatic rings. The normalized spacial score (nSPS) is 15.6. The third-order valence-electron chi connectivity index (χ3n) is 5.25. The number of likely N-dealkylation sites (N-methyl/N-ethyl adjacent to an activating group) is 1. The number of ether oxygens (including phenoxy) is 1. The topological polar surface area (TPSA) is 58.6 Å². The quantitative estimate of drug-likeness (QED) is 0.800. The second-order valence-electron chi connectivity index (χ2n) is 7.07. The number of hydrogen-bond donors (Lipinski definition) is 1. The number of thioether (sulfide) groups is 1. The van der Waals surface area contributed by atoms with Crippen molar-refractivity contribution in [2.24, 2.45) is 0 Å². The average Bonchev–Trinajstić information content (AvgIpc) is 2.70. The lowest BCUT2D eigenvalue weighted by atomic mass is 10.0. The average molecular weight is 399 g/mol. The van der Waals surface area contributed by atoms with E-state index < -0.39 is 6.10 Å². The molecule has 2 amide bonds. The summed E-state index contributed by atoms with van der Waals surface area (Å²) in [6.07, 6.45) is -0.710. The summed E-state index contributed by atoms with van der Waals surface area (Å²) in [5.74, 6) is 0.590. The van der Waals surface area contributed by atoms with Gasteiger partial charge >= 0.3 is 0 Å². The molecule has 1 aliphatic heterocycles.